The Morgan fingerprint density at radius 1 is 1.09 bits per heavy atom. The number of esters is 1. The summed E-state index contributed by atoms with van der Waals surface area (Å²) in [6.07, 6.45) is 0.675. The number of rotatable bonds is 13. The van der Waals surface area contributed by atoms with Gasteiger partial charge in [-0.25, -0.2) is 9.36 Å². The van der Waals surface area contributed by atoms with Crippen LogP contribution in [0.4, 0.5) is 0 Å². The van der Waals surface area contributed by atoms with Crippen LogP contribution in [0.15, 0.2) is 12.2 Å². The van der Waals surface area contributed by atoms with E-state index < -0.39 is 13.8 Å². The zero-order valence-electron chi connectivity index (χ0n) is 14.7. The average molecular weight is 352 g/mol. The van der Waals surface area contributed by atoms with E-state index in [9.17, 15) is 14.3 Å². The van der Waals surface area contributed by atoms with E-state index in [1.54, 1.807) is 0 Å². The molecule has 0 fully saturated rings. The van der Waals surface area contributed by atoms with Gasteiger partial charge in [-0.3, -0.25) is 9.05 Å². The normalized spacial score (nSPS) is 14.3. The highest BCUT2D eigenvalue weighted by Gasteiger charge is 2.23. The number of carbonyl (C=O) groups excluding carboxylic acids is 1. The van der Waals surface area contributed by atoms with Crippen molar-refractivity contribution < 1.29 is 32.5 Å². The monoisotopic (exact) mass is 352 g/mol. The maximum atomic E-state index is 11.7. The van der Waals surface area contributed by atoms with Crippen LogP contribution in [-0.4, -0.2) is 61.3 Å². The van der Waals surface area contributed by atoms with Crippen molar-refractivity contribution in [3.8, 4) is 0 Å². The van der Waals surface area contributed by atoms with Crippen LogP contribution in [0.5, 0.6) is 0 Å². The van der Waals surface area contributed by atoms with Gasteiger partial charge < -0.3 is 14.1 Å². The Kier molecular flexibility index (Phi) is 10.6. The minimum Gasteiger partial charge on any atom is -0.460 e. The van der Waals surface area contributed by atoms with Crippen LogP contribution >= 0.6 is 7.82 Å². The van der Waals surface area contributed by atoms with Gasteiger partial charge in [0.2, 0.25) is 0 Å². The summed E-state index contributed by atoms with van der Waals surface area (Å²) in [6.45, 7) is 15.1. The van der Waals surface area contributed by atoms with Crippen molar-refractivity contribution in [2.45, 2.75) is 34.1 Å². The topological polar surface area (TPSA) is 82.1 Å². The van der Waals surface area contributed by atoms with Crippen LogP contribution in [0.1, 0.15) is 34.1 Å². The molecule has 0 spiro atoms. The van der Waals surface area contributed by atoms with Crippen LogP contribution in [0.3, 0.4) is 0 Å². The standard InChI is InChI=1S/C15H30NO6P/c1-6-16(7-2,8-3)10-9-11-21-23(18,19)22-13-12-20-15(17)14(4)5/h4,6-13H2,1-3,5H3/p+1. The highest BCUT2D eigenvalue weighted by atomic mass is 31.2. The predicted octanol–water partition coefficient (Wildman–Crippen LogP) is 2.51. The second-order valence-electron chi connectivity index (χ2n) is 5.42. The molecule has 7 nitrogen and oxygen atoms in total. The van der Waals surface area contributed by atoms with Crippen molar-refractivity contribution in [2.75, 3.05) is 46.0 Å². The Bertz CT molecular complexity index is 414. The summed E-state index contributed by atoms with van der Waals surface area (Å²) < 4.78 is 27.1. The molecular weight excluding hydrogens is 321 g/mol. The number of hydrogen-bond acceptors (Lipinski definition) is 5. The SMILES string of the molecule is C=C(C)C(=O)OCCOP(=O)(O)OCCC[N+](CC)(CC)CC. The fourth-order valence-electron chi connectivity index (χ4n) is 2.17. The maximum absolute atomic E-state index is 11.7. The number of hydrogen-bond donors (Lipinski definition) is 1. The highest BCUT2D eigenvalue weighted by molar-refractivity contribution is 7.47. The van der Waals surface area contributed by atoms with E-state index in [0.717, 1.165) is 30.7 Å². The lowest BCUT2D eigenvalue weighted by Gasteiger charge is -2.35. The van der Waals surface area contributed by atoms with Crippen LogP contribution in [0.2, 0.25) is 0 Å². The molecule has 0 bridgehead atoms. The van der Waals surface area contributed by atoms with Gasteiger partial charge in [0, 0.05) is 12.0 Å². The van der Waals surface area contributed by atoms with Crippen LogP contribution in [0, 0.1) is 0 Å². The number of phosphoric acid groups is 1. The zero-order valence-corrected chi connectivity index (χ0v) is 15.6. The molecule has 0 aliphatic carbocycles. The molecule has 0 heterocycles. The first-order chi connectivity index (χ1) is 10.7. The quantitative estimate of drug-likeness (QED) is 0.180. The molecule has 0 rings (SSSR count). The molecule has 0 saturated heterocycles. The molecule has 0 aliphatic heterocycles. The summed E-state index contributed by atoms with van der Waals surface area (Å²) in [5, 5.41) is 0. The van der Waals surface area contributed by atoms with Crippen molar-refractivity contribution >= 4 is 13.8 Å². The van der Waals surface area contributed by atoms with E-state index in [4.69, 9.17) is 13.8 Å². The van der Waals surface area contributed by atoms with E-state index in [1.165, 1.54) is 6.92 Å². The third-order valence-electron chi connectivity index (χ3n) is 3.96. The smallest absolute Gasteiger partial charge is 0.460 e. The molecule has 8 heteroatoms. The molecule has 1 N–H and O–H groups in total. The van der Waals surface area contributed by atoms with E-state index in [-0.39, 0.29) is 25.4 Å². The first-order valence-corrected chi connectivity index (χ1v) is 9.51. The fourth-order valence-corrected chi connectivity index (χ4v) is 2.91. The lowest BCUT2D eigenvalue weighted by atomic mass is 10.3. The summed E-state index contributed by atoms with van der Waals surface area (Å²) in [4.78, 5) is 20.7. The Morgan fingerprint density at radius 3 is 2.09 bits per heavy atom. The molecule has 0 aromatic carbocycles. The first kappa shape index (κ1) is 22.3. The summed E-state index contributed by atoms with van der Waals surface area (Å²) >= 11 is 0. The number of phosphoric ester groups is 1. The molecule has 136 valence electrons. The van der Waals surface area contributed by atoms with E-state index in [1.807, 2.05) is 0 Å². The Hall–Kier alpha value is -0.720. The van der Waals surface area contributed by atoms with Crippen molar-refractivity contribution in [1.82, 2.24) is 0 Å². The van der Waals surface area contributed by atoms with Gasteiger partial charge in [-0.1, -0.05) is 6.58 Å². The number of carbonyl (C=O) groups is 1. The van der Waals surface area contributed by atoms with Gasteiger partial charge in [0.15, 0.2) is 0 Å². The molecule has 0 radical (unpaired) electrons. The molecule has 1 atom stereocenters. The molecule has 0 aliphatic rings. The number of quaternary nitrogens is 1. The molecule has 0 saturated carbocycles. The zero-order chi connectivity index (χ0) is 17.9. The fraction of sp³-hybridized carbons (Fsp3) is 0.800. The van der Waals surface area contributed by atoms with Gasteiger partial charge in [0.1, 0.15) is 6.61 Å². The summed E-state index contributed by atoms with van der Waals surface area (Å²) in [7, 11) is -4.10. The maximum Gasteiger partial charge on any atom is 0.472 e. The molecule has 0 amide bonds. The van der Waals surface area contributed by atoms with Crippen LogP contribution in [-0.2, 0) is 23.1 Å². The first-order valence-electron chi connectivity index (χ1n) is 8.01. The third-order valence-corrected chi connectivity index (χ3v) is 4.98. The van der Waals surface area contributed by atoms with Crippen molar-refractivity contribution in [1.29, 1.82) is 0 Å². The summed E-state index contributed by atoms with van der Waals surface area (Å²) in [6, 6.07) is 0. The minimum absolute atomic E-state index is 0.124. The van der Waals surface area contributed by atoms with E-state index in [0.29, 0.717) is 6.42 Å². The van der Waals surface area contributed by atoms with Gasteiger partial charge in [0.25, 0.3) is 0 Å². The summed E-state index contributed by atoms with van der Waals surface area (Å²) in [5.41, 5.74) is 0.262. The lowest BCUT2D eigenvalue weighted by Crippen LogP contribution is -2.48. The minimum atomic E-state index is -4.10. The highest BCUT2D eigenvalue weighted by Crippen LogP contribution is 2.43. The van der Waals surface area contributed by atoms with E-state index >= 15 is 0 Å². The van der Waals surface area contributed by atoms with E-state index in [2.05, 4.69) is 27.4 Å². The van der Waals surface area contributed by atoms with Crippen molar-refractivity contribution in [3.63, 3.8) is 0 Å². The van der Waals surface area contributed by atoms with Gasteiger partial charge in [0.05, 0.1) is 39.4 Å². The second kappa shape index (κ2) is 10.9. The van der Waals surface area contributed by atoms with Crippen LogP contribution < -0.4 is 0 Å². The molecule has 23 heavy (non-hydrogen) atoms. The Labute approximate surface area is 139 Å². The largest absolute Gasteiger partial charge is 0.472 e. The van der Waals surface area contributed by atoms with Gasteiger partial charge in [-0.15, -0.1) is 0 Å². The van der Waals surface area contributed by atoms with Crippen molar-refractivity contribution in [3.05, 3.63) is 12.2 Å². The molecule has 0 aromatic rings. The number of nitrogens with zero attached hydrogens (tertiary/aromatic N) is 1. The average Bonchev–Trinajstić information content (AvgIpc) is 2.52. The van der Waals surface area contributed by atoms with Gasteiger partial charge in [-0.2, -0.15) is 0 Å². The van der Waals surface area contributed by atoms with Crippen LogP contribution in [0.25, 0.3) is 0 Å². The van der Waals surface area contributed by atoms with Gasteiger partial charge >= 0.3 is 13.8 Å². The number of ether oxygens (including phenoxy) is 1. The third kappa shape index (κ3) is 9.23. The summed E-state index contributed by atoms with van der Waals surface area (Å²) in [5.74, 6) is -0.560. The Balaban J connectivity index is 3.98. The molecule has 0 aromatic heterocycles. The van der Waals surface area contributed by atoms with Crippen molar-refractivity contribution in [2.24, 2.45) is 0 Å². The predicted molar refractivity (Wildman–Crippen MR) is 88.9 cm³/mol. The Morgan fingerprint density at radius 2 is 1.61 bits per heavy atom. The molecular formula is C15H31NO6P+. The molecule has 1 unspecified atom stereocenters. The lowest BCUT2D eigenvalue weighted by molar-refractivity contribution is -0.923. The van der Waals surface area contributed by atoms with Gasteiger partial charge in [-0.05, 0) is 27.7 Å². The second-order valence-corrected chi connectivity index (χ2v) is 6.87.